The second kappa shape index (κ2) is 7.36. The number of fused-ring (bicyclic) bond motifs is 10. The van der Waals surface area contributed by atoms with Gasteiger partial charge in [0.15, 0.2) is 6.29 Å². The van der Waals surface area contributed by atoms with Gasteiger partial charge < -0.3 is 19.7 Å². The lowest BCUT2D eigenvalue weighted by atomic mass is 9.33. The summed E-state index contributed by atoms with van der Waals surface area (Å²) in [6, 6.07) is 0. The van der Waals surface area contributed by atoms with Crippen molar-refractivity contribution in [2.75, 3.05) is 13.7 Å². The number of aliphatic hydroxyl groups is 2. The van der Waals surface area contributed by atoms with Gasteiger partial charge in [-0.25, -0.2) is 0 Å². The Morgan fingerprint density at radius 3 is 2.37 bits per heavy atom. The molecule has 0 aromatic carbocycles. The second-order valence-electron chi connectivity index (χ2n) is 15.3. The highest BCUT2D eigenvalue weighted by Gasteiger charge is 2.70. The van der Waals surface area contributed by atoms with Crippen molar-refractivity contribution >= 4 is 0 Å². The lowest BCUT2D eigenvalue weighted by Gasteiger charge is -2.71. The smallest absolute Gasteiger partial charge is 0.162 e. The maximum Gasteiger partial charge on any atom is 0.162 e. The largest absolute Gasteiger partial charge is 0.396 e. The molecule has 0 aromatic rings. The van der Waals surface area contributed by atoms with E-state index in [2.05, 4.69) is 47.6 Å². The van der Waals surface area contributed by atoms with Crippen LogP contribution in [0.2, 0.25) is 0 Å². The fourth-order valence-corrected chi connectivity index (χ4v) is 11.6. The Labute approximate surface area is 213 Å². The summed E-state index contributed by atoms with van der Waals surface area (Å²) < 4.78 is 12.5. The van der Waals surface area contributed by atoms with Crippen LogP contribution < -0.4 is 0 Å². The summed E-state index contributed by atoms with van der Waals surface area (Å²) in [5, 5.41) is 21.4. The first-order valence-corrected chi connectivity index (χ1v) is 14.5. The van der Waals surface area contributed by atoms with Gasteiger partial charge in [-0.3, -0.25) is 0 Å². The van der Waals surface area contributed by atoms with Gasteiger partial charge in [-0.2, -0.15) is 0 Å². The predicted octanol–water partition coefficient (Wildman–Crippen LogP) is 6.10. The fraction of sp³-hybridized carbons (Fsp3) is 0.935. The van der Waals surface area contributed by atoms with E-state index < -0.39 is 0 Å². The predicted molar refractivity (Wildman–Crippen MR) is 138 cm³/mol. The minimum absolute atomic E-state index is 0.0760. The molecule has 0 amide bonds. The maximum atomic E-state index is 11.0. The van der Waals surface area contributed by atoms with Crippen LogP contribution in [0.15, 0.2) is 11.6 Å². The first-order valence-electron chi connectivity index (χ1n) is 14.5. The van der Waals surface area contributed by atoms with Crippen molar-refractivity contribution in [3.8, 4) is 0 Å². The van der Waals surface area contributed by atoms with Crippen LogP contribution in [0.1, 0.15) is 99.3 Å². The summed E-state index contributed by atoms with van der Waals surface area (Å²) in [4.78, 5) is 0. The molecule has 1 heterocycles. The zero-order valence-corrected chi connectivity index (χ0v) is 23.3. The number of hydrogen-bond donors (Lipinski definition) is 2. The molecule has 0 radical (unpaired) electrons. The Bertz CT molecular complexity index is 931. The third-order valence-electron chi connectivity index (χ3n) is 14.1. The van der Waals surface area contributed by atoms with Crippen LogP contribution in [-0.2, 0) is 9.47 Å². The van der Waals surface area contributed by atoms with Gasteiger partial charge in [0.05, 0.1) is 18.8 Å². The van der Waals surface area contributed by atoms with Crippen molar-refractivity contribution < 1.29 is 19.7 Å². The molecule has 1 aliphatic heterocycles. The highest BCUT2D eigenvalue weighted by molar-refractivity contribution is 5.34. The SMILES string of the molecule is COC1OC2CC1(C)CC1C3=CCC4C5(C)CCC(O)C(C)(CO)C5CCC4(C)C3(C)CCC21C. The molecule has 4 saturated carbocycles. The summed E-state index contributed by atoms with van der Waals surface area (Å²) in [5.41, 5.74) is 2.28. The normalized spacial score (nSPS) is 61.2. The van der Waals surface area contributed by atoms with E-state index in [1.54, 1.807) is 5.57 Å². The molecule has 12 unspecified atom stereocenters. The monoisotopic (exact) mass is 486 g/mol. The van der Waals surface area contributed by atoms with E-state index in [1.807, 2.05) is 7.11 Å². The molecule has 5 fully saturated rings. The Kier molecular flexibility index (Phi) is 5.24. The Hall–Kier alpha value is -0.420. The molecule has 2 N–H and O–H groups in total. The Balaban J connectivity index is 1.41. The zero-order valence-electron chi connectivity index (χ0n) is 23.3. The van der Waals surface area contributed by atoms with Crippen LogP contribution >= 0.6 is 0 Å². The van der Waals surface area contributed by atoms with Gasteiger partial charge in [-0.05, 0) is 91.8 Å². The van der Waals surface area contributed by atoms with Crippen LogP contribution in [-0.4, -0.2) is 42.4 Å². The van der Waals surface area contributed by atoms with E-state index in [4.69, 9.17) is 9.47 Å². The third-order valence-corrected chi connectivity index (χ3v) is 14.1. The Morgan fingerprint density at radius 1 is 0.943 bits per heavy atom. The molecule has 6 rings (SSSR count). The summed E-state index contributed by atoms with van der Waals surface area (Å²) in [7, 11) is 1.82. The molecule has 6 aliphatic rings. The molecule has 1 saturated heterocycles. The summed E-state index contributed by atoms with van der Waals surface area (Å²) in [6.07, 6.45) is 12.7. The van der Waals surface area contributed by atoms with E-state index in [-0.39, 0.29) is 51.5 Å². The number of hydrogen-bond acceptors (Lipinski definition) is 4. The van der Waals surface area contributed by atoms with Gasteiger partial charge in [0.1, 0.15) is 0 Å². The number of methoxy groups -OCH3 is 1. The van der Waals surface area contributed by atoms with E-state index in [9.17, 15) is 10.2 Å². The lowest BCUT2D eigenvalue weighted by molar-refractivity contribution is -0.216. The van der Waals surface area contributed by atoms with Crippen LogP contribution in [0.25, 0.3) is 0 Å². The molecule has 35 heavy (non-hydrogen) atoms. The fourth-order valence-electron chi connectivity index (χ4n) is 11.6. The van der Waals surface area contributed by atoms with Crippen molar-refractivity contribution in [1.82, 2.24) is 0 Å². The van der Waals surface area contributed by atoms with Gasteiger partial charge in [0.2, 0.25) is 0 Å². The second-order valence-corrected chi connectivity index (χ2v) is 15.3. The number of ether oxygens (including phenoxy) is 2. The lowest BCUT2D eigenvalue weighted by Crippen LogP contribution is -2.65. The number of allylic oxidation sites excluding steroid dienone is 2. The van der Waals surface area contributed by atoms with E-state index in [1.165, 1.54) is 25.7 Å². The molecular weight excluding hydrogens is 436 g/mol. The molecule has 0 spiro atoms. The van der Waals surface area contributed by atoms with Crippen molar-refractivity contribution in [3.05, 3.63) is 11.6 Å². The zero-order chi connectivity index (χ0) is 25.2. The summed E-state index contributed by atoms with van der Waals surface area (Å²) >= 11 is 0. The Morgan fingerprint density at radius 2 is 1.69 bits per heavy atom. The van der Waals surface area contributed by atoms with E-state index in [0.717, 1.165) is 32.1 Å². The molecule has 12 atom stereocenters. The van der Waals surface area contributed by atoms with Gasteiger partial charge in [-0.1, -0.05) is 53.2 Å². The van der Waals surface area contributed by atoms with E-state index >= 15 is 0 Å². The minimum Gasteiger partial charge on any atom is -0.396 e. The average Bonchev–Trinajstić information content (AvgIpc) is 3.12. The number of aliphatic hydroxyl groups excluding tert-OH is 2. The average molecular weight is 487 g/mol. The maximum absolute atomic E-state index is 11.0. The number of rotatable bonds is 2. The molecule has 2 bridgehead atoms. The summed E-state index contributed by atoms with van der Waals surface area (Å²) in [5.74, 6) is 1.56. The van der Waals surface area contributed by atoms with Crippen LogP contribution in [0.3, 0.4) is 0 Å². The van der Waals surface area contributed by atoms with Crippen LogP contribution in [0, 0.1) is 50.2 Å². The van der Waals surface area contributed by atoms with Crippen molar-refractivity contribution in [3.63, 3.8) is 0 Å². The molecule has 4 heteroatoms. The van der Waals surface area contributed by atoms with Gasteiger partial charge >= 0.3 is 0 Å². The van der Waals surface area contributed by atoms with Gasteiger partial charge in [0.25, 0.3) is 0 Å². The minimum atomic E-state index is -0.386. The molecule has 5 aliphatic carbocycles. The molecule has 198 valence electrons. The first kappa shape index (κ1) is 24.9. The molecule has 4 nitrogen and oxygen atoms in total. The van der Waals surface area contributed by atoms with Gasteiger partial charge in [-0.15, -0.1) is 0 Å². The summed E-state index contributed by atoms with van der Waals surface area (Å²) in [6.45, 7) is 14.9. The van der Waals surface area contributed by atoms with Gasteiger partial charge in [0, 0.05) is 23.4 Å². The topological polar surface area (TPSA) is 58.9 Å². The van der Waals surface area contributed by atoms with E-state index in [0.29, 0.717) is 23.9 Å². The third kappa shape index (κ3) is 2.79. The van der Waals surface area contributed by atoms with Crippen molar-refractivity contribution in [2.45, 2.75) is 118 Å². The van der Waals surface area contributed by atoms with Crippen molar-refractivity contribution in [1.29, 1.82) is 0 Å². The first-order chi connectivity index (χ1) is 16.3. The van der Waals surface area contributed by atoms with Crippen LogP contribution in [0.4, 0.5) is 0 Å². The highest BCUT2D eigenvalue weighted by atomic mass is 16.7. The molecule has 0 aromatic heterocycles. The highest BCUT2D eigenvalue weighted by Crippen LogP contribution is 2.76. The standard InChI is InChI=1S/C31H50O4/c1-26-16-20-19-8-9-22-28(3)12-11-23(33)29(4,18-32)21(28)10-13-31(22,6)30(19,5)15-14-27(20,2)24(17-26)35-25(26)34-7/h8,20-25,32-33H,9-18H2,1-7H3. The van der Waals surface area contributed by atoms with Crippen molar-refractivity contribution in [2.24, 2.45) is 50.2 Å². The van der Waals surface area contributed by atoms with Crippen LogP contribution in [0.5, 0.6) is 0 Å². The quantitative estimate of drug-likeness (QED) is 0.463. The molecular formula is C31H50O4.